The molecule has 2 nitrogen and oxygen atoms in total. The second-order valence-corrected chi connectivity index (χ2v) is 5.23. The highest BCUT2D eigenvalue weighted by atomic mass is 16.5. The Morgan fingerprint density at radius 3 is 2.74 bits per heavy atom. The summed E-state index contributed by atoms with van der Waals surface area (Å²) >= 11 is 0. The number of fused-ring (bicyclic) bond motifs is 4. The largest absolute Gasteiger partial charge is 0.489 e. The number of rotatable bonds is 0. The van der Waals surface area contributed by atoms with Gasteiger partial charge in [-0.05, 0) is 36.1 Å². The van der Waals surface area contributed by atoms with Gasteiger partial charge in [-0.3, -0.25) is 4.79 Å². The summed E-state index contributed by atoms with van der Waals surface area (Å²) in [5.41, 5.74) is 3.17. The van der Waals surface area contributed by atoms with E-state index in [1.165, 1.54) is 5.56 Å². The van der Waals surface area contributed by atoms with Crippen molar-refractivity contribution in [3.8, 4) is 5.75 Å². The third-order valence-corrected chi connectivity index (χ3v) is 4.17. The van der Waals surface area contributed by atoms with E-state index in [-0.39, 0.29) is 17.8 Å². The number of ketones is 1. The van der Waals surface area contributed by atoms with Crippen LogP contribution in [-0.2, 0) is 6.42 Å². The van der Waals surface area contributed by atoms with Crippen LogP contribution in [-0.4, -0.2) is 11.9 Å². The number of carbonyl (C=O) groups excluding carboxylic acids is 1. The quantitative estimate of drug-likeness (QED) is 0.716. The number of carbonyl (C=O) groups is 1. The van der Waals surface area contributed by atoms with E-state index in [1.807, 2.05) is 36.4 Å². The second kappa shape index (κ2) is 3.95. The third-order valence-electron chi connectivity index (χ3n) is 4.17. The first-order valence-corrected chi connectivity index (χ1v) is 6.72. The van der Waals surface area contributed by atoms with Crippen molar-refractivity contribution < 1.29 is 9.53 Å². The molecule has 0 N–H and O–H groups in total. The van der Waals surface area contributed by atoms with Gasteiger partial charge in [0.05, 0.1) is 11.5 Å². The van der Waals surface area contributed by atoms with Gasteiger partial charge in [-0.25, -0.2) is 0 Å². The molecular weight excluding hydrogens is 236 g/mol. The molecule has 1 heterocycles. The highest BCUT2D eigenvalue weighted by Gasteiger charge is 2.41. The molecule has 2 atom stereocenters. The second-order valence-electron chi connectivity index (χ2n) is 5.23. The van der Waals surface area contributed by atoms with Crippen LogP contribution in [0.3, 0.4) is 0 Å². The molecule has 2 heteroatoms. The molecule has 4 rings (SSSR count). The molecule has 0 aromatic heterocycles. The van der Waals surface area contributed by atoms with Crippen LogP contribution in [0, 0.1) is 0 Å². The molecule has 0 amide bonds. The van der Waals surface area contributed by atoms with Crippen LogP contribution in [0.2, 0.25) is 0 Å². The molecule has 1 aliphatic carbocycles. The van der Waals surface area contributed by atoms with Gasteiger partial charge in [0.2, 0.25) is 0 Å². The molecular formula is C17H14O2. The van der Waals surface area contributed by atoms with Crippen LogP contribution in [0.15, 0.2) is 48.5 Å². The number of aryl methyl sites for hydroxylation is 1. The molecule has 0 radical (unpaired) electrons. The van der Waals surface area contributed by atoms with E-state index in [9.17, 15) is 4.79 Å². The number of benzene rings is 2. The molecule has 2 aliphatic rings. The van der Waals surface area contributed by atoms with Crippen molar-refractivity contribution in [1.29, 1.82) is 0 Å². The summed E-state index contributed by atoms with van der Waals surface area (Å²) in [6.07, 6.45) is 1.91. The highest BCUT2D eigenvalue weighted by molar-refractivity contribution is 6.04. The van der Waals surface area contributed by atoms with Gasteiger partial charge in [0, 0.05) is 0 Å². The first-order chi connectivity index (χ1) is 9.34. The van der Waals surface area contributed by atoms with E-state index < -0.39 is 0 Å². The molecule has 2 aromatic rings. The number of Topliss-reactive ketones (excluding diaryl/α,β-unsaturated/α-hetero) is 1. The van der Waals surface area contributed by atoms with Crippen LogP contribution in [0.1, 0.15) is 33.8 Å². The van der Waals surface area contributed by atoms with Crippen molar-refractivity contribution in [1.82, 2.24) is 0 Å². The maximum Gasteiger partial charge on any atom is 0.177 e. The zero-order valence-corrected chi connectivity index (χ0v) is 10.5. The Balaban J connectivity index is 1.87. The molecule has 0 bridgehead atoms. The Bertz CT molecular complexity index is 660. The van der Waals surface area contributed by atoms with E-state index in [4.69, 9.17) is 4.74 Å². The van der Waals surface area contributed by atoms with Crippen LogP contribution >= 0.6 is 0 Å². The minimum absolute atomic E-state index is 0.00250. The topological polar surface area (TPSA) is 26.3 Å². The van der Waals surface area contributed by atoms with Gasteiger partial charge in [-0.2, -0.15) is 0 Å². The average molecular weight is 250 g/mol. The van der Waals surface area contributed by atoms with Gasteiger partial charge >= 0.3 is 0 Å². The molecule has 0 unspecified atom stereocenters. The van der Waals surface area contributed by atoms with Gasteiger partial charge < -0.3 is 4.74 Å². The average Bonchev–Trinajstić information content (AvgIpc) is 2.47. The first kappa shape index (κ1) is 10.8. The summed E-state index contributed by atoms with van der Waals surface area (Å²) in [5.74, 6) is 0.826. The van der Waals surface area contributed by atoms with Crippen molar-refractivity contribution in [2.24, 2.45) is 0 Å². The van der Waals surface area contributed by atoms with E-state index in [0.29, 0.717) is 0 Å². The van der Waals surface area contributed by atoms with Gasteiger partial charge in [-0.1, -0.05) is 36.4 Å². The molecule has 0 spiro atoms. The number of ether oxygens (including phenoxy) is 1. The van der Waals surface area contributed by atoms with Crippen LogP contribution in [0.5, 0.6) is 5.75 Å². The molecule has 0 fully saturated rings. The number of para-hydroxylation sites is 1. The minimum Gasteiger partial charge on any atom is -0.489 e. The van der Waals surface area contributed by atoms with Gasteiger partial charge in [-0.15, -0.1) is 0 Å². The zero-order valence-electron chi connectivity index (χ0n) is 10.5. The van der Waals surface area contributed by atoms with E-state index >= 15 is 0 Å². The predicted molar refractivity (Wildman–Crippen MR) is 72.7 cm³/mol. The molecule has 0 saturated carbocycles. The van der Waals surface area contributed by atoms with Crippen LogP contribution in [0.4, 0.5) is 0 Å². The summed E-state index contributed by atoms with van der Waals surface area (Å²) in [4.78, 5) is 12.7. The Kier molecular flexibility index (Phi) is 2.25. The summed E-state index contributed by atoms with van der Waals surface area (Å²) < 4.78 is 6.04. The van der Waals surface area contributed by atoms with Gasteiger partial charge in [0.25, 0.3) is 0 Å². The van der Waals surface area contributed by atoms with Crippen molar-refractivity contribution in [2.75, 3.05) is 0 Å². The highest BCUT2D eigenvalue weighted by Crippen LogP contribution is 2.41. The van der Waals surface area contributed by atoms with Crippen LogP contribution in [0.25, 0.3) is 0 Å². The van der Waals surface area contributed by atoms with E-state index in [1.54, 1.807) is 0 Å². The lowest BCUT2D eigenvalue weighted by molar-refractivity contribution is 0.0748. The van der Waals surface area contributed by atoms with E-state index in [0.717, 1.165) is 29.7 Å². The lowest BCUT2D eigenvalue weighted by atomic mass is 9.75. The summed E-state index contributed by atoms with van der Waals surface area (Å²) in [6, 6.07) is 15.8. The Hall–Kier alpha value is -2.09. The first-order valence-electron chi connectivity index (χ1n) is 6.72. The molecule has 0 saturated heterocycles. The van der Waals surface area contributed by atoms with Crippen molar-refractivity contribution in [3.05, 3.63) is 65.2 Å². The summed E-state index contributed by atoms with van der Waals surface area (Å²) in [7, 11) is 0. The monoisotopic (exact) mass is 250 g/mol. The standard InChI is InChI=1S/C17H14O2/c18-17-13-7-3-4-8-14(13)19-15-10-9-11-5-1-2-6-12(11)16(15)17/h1-8,15-16H,9-10H2/t15-,16-/m1/s1. The van der Waals surface area contributed by atoms with E-state index in [2.05, 4.69) is 12.1 Å². The minimum atomic E-state index is -0.125. The molecule has 1 aliphatic heterocycles. The fraction of sp³-hybridized carbons (Fsp3) is 0.235. The van der Waals surface area contributed by atoms with Gasteiger partial charge in [0.1, 0.15) is 11.9 Å². The third kappa shape index (κ3) is 1.53. The number of hydrogen-bond acceptors (Lipinski definition) is 2. The fourth-order valence-electron chi connectivity index (χ4n) is 3.27. The lowest BCUT2D eigenvalue weighted by Crippen LogP contribution is -2.39. The molecule has 19 heavy (non-hydrogen) atoms. The summed E-state index contributed by atoms with van der Waals surface area (Å²) in [5, 5.41) is 0. The summed E-state index contributed by atoms with van der Waals surface area (Å²) in [6.45, 7) is 0. The normalized spacial score (nSPS) is 23.9. The lowest BCUT2D eigenvalue weighted by Gasteiger charge is -2.37. The van der Waals surface area contributed by atoms with Crippen molar-refractivity contribution in [2.45, 2.75) is 24.9 Å². The number of hydrogen-bond donors (Lipinski definition) is 0. The Morgan fingerprint density at radius 1 is 1.00 bits per heavy atom. The SMILES string of the molecule is O=C1c2ccccc2O[C@@H]2CCc3ccccc3[C@@H]12. The smallest absolute Gasteiger partial charge is 0.177 e. The van der Waals surface area contributed by atoms with Gasteiger partial charge in [0.15, 0.2) is 5.78 Å². The Labute approximate surface area is 112 Å². The molecule has 94 valence electrons. The molecule has 2 aromatic carbocycles. The predicted octanol–water partition coefficient (Wildman–Crippen LogP) is 3.36. The maximum absolute atomic E-state index is 12.7. The van der Waals surface area contributed by atoms with Crippen molar-refractivity contribution in [3.63, 3.8) is 0 Å². The zero-order chi connectivity index (χ0) is 12.8. The Morgan fingerprint density at radius 2 is 1.79 bits per heavy atom. The van der Waals surface area contributed by atoms with Crippen molar-refractivity contribution >= 4 is 5.78 Å². The fourth-order valence-corrected chi connectivity index (χ4v) is 3.27. The maximum atomic E-state index is 12.7. The van der Waals surface area contributed by atoms with Crippen LogP contribution < -0.4 is 4.74 Å².